The molecule has 5 N–H and O–H groups in total. The number of carbonyl (C=O) groups is 5. The molecule has 25 nitrogen and oxygen atoms in total. The molecule has 0 bridgehead atoms. The number of nitrogens with one attached hydrogen (secondary N) is 3. The van der Waals surface area contributed by atoms with Crippen LogP contribution in [0, 0.1) is 13.8 Å². The normalized spacial score (nSPS) is 13.4. The quantitative estimate of drug-likeness (QED) is 0.0114. The summed E-state index contributed by atoms with van der Waals surface area (Å²) in [5, 5.41) is 49.8. The van der Waals surface area contributed by atoms with Gasteiger partial charge in [0.2, 0.25) is 5.91 Å². The van der Waals surface area contributed by atoms with Crippen LogP contribution in [-0.2, 0) is 44.3 Å². The number of aryl methyl sites for hydroxylation is 3. The number of ether oxygens (including phenoxy) is 2. The van der Waals surface area contributed by atoms with E-state index in [1.165, 1.54) is 67.2 Å². The molecule has 592 valence electrons. The van der Waals surface area contributed by atoms with Crippen LogP contribution in [0.15, 0.2) is 191 Å². The first-order chi connectivity index (χ1) is 55.6. The molecule has 0 atom stereocenters. The Morgan fingerprint density at radius 2 is 1.48 bits per heavy atom. The molecule has 1 aliphatic carbocycles. The fourth-order valence-corrected chi connectivity index (χ4v) is 17.9. The molecular formula is C85H87ClN16O9S4. The molecule has 0 saturated carbocycles. The van der Waals surface area contributed by atoms with E-state index >= 15 is 0 Å². The predicted molar refractivity (Wildman–Crippen MR) is 461 cm³/mol. The van der Waals surface area contributed by atoms with E-state index in [9.17, 15) is 29.2 Å². The standard InChI is InChI=1S/C19H21ClN4S2.C18H17NO5S.C17H15N5.C16H23N5OS.C15H11NO3/c1-3-21-17-16-14-8-9-24(2)10-15(14)26-18(16)23-19(22-17)25-11-12-4-6-13(20)7-5-12;1-3-24-18(23)16-15(12-7-5-4-6-8-12)11(2)25-17(16)19-13(20)9-10-14(21)22;1-2-22-16-6-4-3-5-14(16)15-8-7-13(9-17(15)22)10-20-21-11-18-19-12-21;1-11-9-23-13-12(11)17-10-18-14(13)20-5-7-21(8-6-20)15(22)19-16(2,3)4;1-19-15(17)12-8-4-7-11-13(12)9-5-2-3-6-10(9)14(11)16-18/h4-7H,3,8-11H2,1-2H3,(H,21,22,23);4-10H,3H2,1-2H3,(H,19,20)(H,21,22);3-12H,2H2,1H3;9-10H,5-8H2,1-4H3,(H,19,22);2-8,18H,1H3/b;10-9+;20-10+;;16-14+. The summed E-state index contributed by atoms with van der Waals surface area (Å²) in [6.45, 7) is 23.0. The summed E-state index contributed by atoms with van der Waals surface area (Å²) in [5.74, 6) is 0.0142. The number of aliphatic carboxylic acids is 1. The highest BCUT2D eigenvalue weighted by Crippen LogP contribution is 2.43. The van der Waals surface area contributed by atoms with E-state index in [0.717, 1.165) is 139 Å². The van der Waals surface area contributed by atoms with E-state index in [-0.39, 0.29) is 23.7 Å². The largest absolute Gasteiger partial charge is 0.478 e. The molecule has 3 amide bonds. The van der Waals surface area contributed by atoms with Crippen molar-refractivity contribution < 1.29 is 43.8 Å². The number of hydrogen-bond donors (Lipinski definition) is 5. The molecule has 0 radical (unpaired) electrons. The number of urea groups is 1. The first kappa shape index (κ1) is 82.7. The summed E-state index contributed by atoms with van der Waals surface area (Å²) in [4.78, 5) is 87.4. The van der Waals surface area contributed by atoms with Gasteiger partial charge in [-0.15, -0.1) is 44.2 Å². The molecule has 16 rings (SSSR count). The van der Waals surface area contributed by atoms with Gasteiger partial charge >= 0.3 is 23.9 Å². The van der Waals surface area contributed by atoms with Crippen molar-refractivity contribution in [3.63, 3.8) is 0 Å². The molecule has 30 heteroatoms. The highest BCUT2D eigenvalue weighted by atomic mass is 35.5. The fourth-order valence-electron chi connectivity index (χ4n) is 13.5. The molecule has 115 heavy (non-hydrogen) atoms. The van der Waals surface area contributed by atoms with Gasteiger partial charge in [-0.05, 0) is 138 Å². The number of likely N-dealkylation sites (N-methyl/N-ethyl adjacent to an activating group) is 1. The number of benzene rings is 6. The van der Waals surface area contributed by atoms with Crippen molar-refractivity contribution in [2.45, 2.75) is 91.3 Å². The summed E-state index contributed by atoms with van der Waals surface area (Å²) in [5.41, 5.74) is 14.2. The zero-order valence-electron chi connectivity index (χ0n) is 65.2. The Hall–Kier alpha value is -11.7. The van der Waals surface area contributed by atoms with Crippen molar-refractivity contribution in [1.82, 2.24) is 54.5 Å². The van der Waals surface area contributed by atoms with Gasteiger partial charge < -0.3 is 55.0 Å². The Labute approximate surface area is 686 Å². The average molecular weight is 1640 g/mol. The van der Waals surface area contributed by atoms with Crippen LogP contribution in [0.2, 0.25) is 5.02 Å². The first-order valence-corrected chi connectivity index (χ1v) is 41.1. The van der Waals surface area contributed by atoms with E-state index in [4.69, 9.17) is 36.1 Å². The molecule has 6 aromatic carbocycles. The molecule has 0 spiro atoms. The number of carboxylic acids is 1. The number of aromatic nitrogens is 8. The number of thioether (sulfide) groups is 1. The van der Waals surface area contributed by atoms with Gasteiger partial charge in [-0.2, -0.15) is 5.10 Å². The lowest BCUT2D eigenvalue weighted by Gasteiger charge is -2.36. The summed E-state index contributed by atoms with van der Waals surface area (Å²) < 4.78 is 15.0. The lowest BCUT2D eigenvalue weighted by molar-refractivity contribution is -0.131. The number of nitrogens with zero attached hydrogens (tertiary/aromatic N) is 13. The number of piperazine rings is 1. The zero-order chi connectivity index (χ0) is 81.5. The molecule has 2 aliphatic heterocycles. The van der Waals surface area contributed by atoms with Gasteiger partial charge in [0.25, 0.3) is 0 Å². The number of rotatable bonds is 16. The summed E-state index contributed by atoms with van der Waals surface area (Å²) >= 11 is 12.4. The molecule has 1 saturated heterocycles. The van der Waals surface area contributed by atoms with Crippen LogP contribution in [-0.4, -0.2) is 167 Å². The number of anilines is 3. The van der Waals surface area contributed by atoms with Crippen molar-refractivity contribution in [2.75, 3.05) is 75.6 Å². The maximum absolute atomic E-state index is 12.4. The molecule has 0 unspecified atom stereocenters. The van der Waals surface area contributed by atoms with Gasteiger partial charge in [0.1, 0.15) is 51.7 Å². The highest BCUT2D eigenvalue weighted by molar-refractivity contribution is 7.98. The minimum absolute atomic E-state index is 0.0111. The summed E-state index contributed by atoms with van der Waals surface area (Å²) in [6.07, 6.45) is 9.30. The van der Waals surface area contributed by atoms with Crippen LogP contribution in [0.4, 0.5) is 21.4 Å². The molecule has 1 fully saturated rings. The Balaban J connectivity index is 0.000000133. The minimum Gasteiger partial charge on any atom is -0.478 e. The monoisotopic (exact) mass is 1640 g/mol. The minimum atomic E-state index is -1.23. The van der Waals surface area contributed by atoms with Gasteiger partial charge in [-0.1, -0.05) is 138 Å². The first-order valence-electron chi connectivity index (χ1n) is 37.2. The van der Waals surface area contributed by atoms with Gasteiger partial charge in [0.15, 0.2) is 5.16 Å². The predicted octanol–water partition coefficient (Wildman–Crippen LogP) is 17.1. The van der Waals surface area contributed by atoms with Gasteiger partial charge in [0, 0.05) is 135 Å². The third kappa shape index (κ3) is 19.7. The number of thiophene rings is 3. The van der Waals surface area contributed by atoms with E-state index in [1.54, 1.807) is 65.8 Å². The zero-order valence-corrected chi connectivity index (χ0v) is 69.2. The Morgan fingerprint density at radius 3 is 2.18 bits per heavy atom. The topological polar surface area (TPSA) is 302 Å². The van der Waals surface area contributed by atoms with Crippen LogP contribution < -0.4 is 20.9 Å². The number of methoxy groups -OCH3 is 1. The number of halogens is 1. The van der Waals surface area contributed by atoms with E-state index in [2.05, 4.69) is 149 Å². The highest BCUT2D eigenvalue weighted by Gasteiger charge is 2.32. The smallest absolute Gasteiger partial charge is 0.341 e. The van der Waals surface area contributed by atoms with Crippen LogP contribution in [0.5, 0.6) is 0 Å². The number of carbonyl (C=O) groups excluding carboxylic acids is 4. The Morgan fingerprint density at radius 1 is 0.765 bits per heavy atom. The maximum Gasteiger partial charge on any atom is 0.341 e. The number of esters is 2. The molecule has 7 aromatic heterocycles. The number of carboxylic acid groups (broad SMARTS) is 1. The second-order valence-corrected chi connectivity index (χ2v) is 32.3. The van der Waals surface area contributed by atoms with E-state index < -0.39 is 23.8 Å². The Kier molecular flexibility index (Phi) is 27.3. The van der Waals surface area contributed by atoms with E-state index in [0.29, 0.717) is 34.9 Å². The number of hydrogen-bond acceptors (Lipinski definition) is 23. The van der Waals surface area contributed by atoms with Crippen LogP contribution in [0.1, 0.15) is 105 Å². The SMILES string of the molecule is CCNc1nc(SCc2ccc(Cl)cc2)nc2sc3c(c12)CCN(C)C3.CCOC(=O)c1c(NC(=O)/C=C/C(=O)O)sc(C)c1-c1ccccc1.CCn1c2ccccc2c2ccc(/C=N/n3cnnc3)cc21.COC(=O)c1cccc2c1-c1ccccc1/C2=N\O.Cc1csc2c(N3CCN(C(=O)NC(C)(C)C)CC3)ncnc12. The summed E-state index contributed by atoms with van der Waals surface area (Å²) in [6, 6.07) is 45.0. The van der Waals surface area contributed by atoms with Crippen LogP contribution in [0.3, 0.4) is 0 Å². The Bertz CT molecular complexity index is 5770. The molecule has 3 aliphatic rings. The number of para-hydroxylation sites is 1. The summed E-state index contributed by atoms with van der Waals surface area (Å²) in [7, 11) is 3.53. The number of amides is 3. The molecular weight excluding hydrogens is 1550 g/mol. The van der Waals surface area contributed by atoms with Crippen molar-refractivity contribution in [3.8, 4) is 22.3 Å². The average Bonchev–Trinajstić information content (AvgIpc) is 1.61. The second kappa shape index (κ2) is 37.9. The lowest BCUT2D eigenvalue weighted by Crippen LogP contribution is -2.55. The van der Waals surface area contributed by atoms with Crippen LogP contribution >= 0.6 is 57.4 Å². The fraction of sp³-hybridized carbons (Fsp3) is 0.259. The number of fused-ring (bicyclic) bond motifs is 10. The van der Waals surface area contributed by atoms with Gasteiger partial charge in [0.05, 0.1) is 41.1 Å². The van der Waals surface area contributed by atoms with Gasteiger partial charge in [-0.25, -0.2) is 43.8 Å². The number of oxime groups is 1. The van der Waals surface area contributed by atoms with E-state index in [1.807, 2.05) is 123 Å². The third-order valence-corrected chi connectivity index (χ3v) is 23.1. The van der Waals surface area contributed by atoms with Crippen molar-refractivity contribution in [1.29, 1.82) is 0 Å². The third-order valence-electron chi connectivity index (χ3n) is 18.7. The molecule has 9 heterocycles. The van der Waals surface area contributed by atoms with Crippen molar-refractivity contribution in [3.05, 3.63) is 235 Å². The van der Waals surface area contributed by atoms with Crippen molar-refractivity contribution >= 4 is 158 Å². The molecule has 13 aromatic rings. The lowest BCUT2D eigenvalue weighted by atomic mass is 9.99. The maximum atomic E-state index is 12.4. The van der Waals surface area contributed by atoms with Crippen molar-refractivity contribution in [2.24, 2.45) is 10.3 Å². The van der Waals surface area contributed by atoms with Crippen LogP contribution in [0.25, 0.3) is 64.5 Å². The second-order valence-electron chi connectivity index (χ2n) is 27.7. The van der Waals surface area contributed by atoms with Gasteiger partial charge in [-0.3, -0.25) is 4.79 Å².